The molecule has 0 unspecified atom stereocenters. The first kappa shape index (κ1) is 18.5. The number of rotatable bonds is 4. The monoisotopic (exact) mass is 400 g/mol. The Morgan fingerprint density at radius 2 is 2.07 bits per heavy atom. The van der Waals surface area contributed by atoms with E-state index >= 15 is 0 Å². The molecule has 3 heterocycles. The number of aromatic carboxylic acids is 1. The van der Waals surface area contributed by atoms with E-state index in [1.807, 2.05) is 0 Å². The molecule has 0 spiro atoms. The van der Waals surface area contributed by atoms with Gasteiger partial charge in [-0.3, -0.25) is 14.5 Å². The Labute approximate surface area is 161 Å². The van der Waals surface area contributed by atoms with Crippen LogP contribution in [0.3, 0.4) is 0 Å². The number of aryl methyl sites for hydroxylation is 1. The summed E-state index contributed by atoms with van der Waals surface area (Å²) >= 11 is 0. The maximum Gasteiger partial charge on any atom is 0.338 e. The van der Waals surface area contributed by atoms with Crippen LogP contribution in [0.4, 0.5) is 8.78 Å². The van der Waals surface area contributed by atoms with E-state index < -0.39 is 29.2 Å². The number of benzene rings is 1. The van der Waals surface area contributed by atoms with Crippen molar-refractivity contribution in [3.05, 3.63) is 69.4 Å². The SMILES string of the molecule is Cc1nn([C@@H](C)c2cc(F)ccc2F)c2c(=O)[nH]c(-n3cc(C(=O)O)cn3)nc12. The van der Waals surface area contributed by atoms with Gasteiger partial charge in [0.2, 0.25) is 5.95 Å². The summed E-state index contributed by atoms with van der Waals surface area (Å²) < 4.78 is 30.2. The van der Waals surface area contributed by atoms with E-state index in [0.717, 1.165) is 29.1 Å². The molecular formula is C18H14F2N6O3. The maximum absolute atomic E-state index is 14.2. The molecule has 0 bridgehead atoms. The number of carboxylic acids is 1. The number of aromatic amines is 1. The normalized spacial score (nSPS) is 12.4. The maximum atomic E-state index is 14.2. The molecule has 148 valence electrons. The Balaban J connectivity index is 1.87. The molecule has 0 saturated heterocycles. The highest BCUT2D eigenvalue weighted by atomic mass is 19.1. The number of nitrogens with zero attached hydrogens (tertiary/aromatic N) is 5. The fraction of sp³-hybridized carbons (Fsp3) is 0.167. The van der Waals surface area contributed by atoms with Gasteiger partial charge in [-0.1, -0.05) is 0 Å². The van der Waals surface area contributed by atoms with Crippen molar-refractivity contribution in [2.45, 2.75) is 19.9 Å². The average Bonchev–Trinajstić information content (AvgIpc) is 3.29. The van der Waals surface area contributed by atoms with E-state index in [2.05, 4.69) is 20.2 Å². The van der Waals surface area contributed by atoms with Gasteiger partial charge in [0.25, 0.3) is 5.56 Å². The molecule has 3 aromatic heterocycles. The molecule has 0 fully saturated rings. The predicted molar refractivity (Wildman–Crippen MR) is 97.1 cm³/mol. The zero-order valence-corrected chi connectivity index (χ0v) is 15.2. The molecule has 0 amide bonds. The van der Waals surface area contributed by atoms with Gasteiger partial charge in [-0.25, -0.2) is 23.2 Å². The first-order valence-electron chi connectivity index (χ1n) is 8.48. The van der Waals surface area contributed by atoms with Crippen molar-refractivity contribution in [3.63, 3.8) is 0 Å². The molecule has 0 aliphatic carbocycles. The Kier molecular flexibility index (Phi) is 4.22. The lowest BCUT2D eigenvalue weighted by molar-refractivity contribution is 0.0697. The number of carboxylic acid groups (broad SMARTS) is 1. The second-order valence-corrected chi connectivity index (χ2v) is 6.44. The first-order valence-corrected chi connectivity index (χ1v) is 8.48. The van der Waals surface area contributed by atoms with Crippen LogP contribution in [0.5, 0.6) is 0 Å². The van der Waals surface area contributed by atoms with E-state index in [1.54, 1.807) is 13.8 Å². The van der Waals surface area contributed by atoms with E-state index in [1.165, 1.54) is 10.9 Å². The molecule has 1 aromatic carbocycles. The topological polar surface area (TPSA) is 119 Å². The van der Waals surface area contributed by atoms with E-state index in [4.69, 9.17) is 5.11 Å². The predicted octanol–water partition coefficient (Wildman–Crippen LogP) is 2.20. The number of fused-ring (bicyclic) bond motifs is 1. The van der Waals surface area contributed by atoms with Crippen molar-refractivity contribution < 1.29 is 18.7 Å². The lowest BCUT2D eigenvalue weighted by Crippen LogP contribution is -2.19. The molecule has 9 nitrogen and oxygen atoms in total. The largest absolute Gasteiger partial charge is 0.478 e. The fourth-order valence-corrected chi connectivity index (χ4v) is 3.08. The number of H-pyrrole nitrogens is 1. The van der Waals surface area contributed by atoms with Gasteiger partial charge in [0.1, 0.15) is 17.2 Å². The minimum Gasteiger partial charge on any atom is -0.478 e. The fourth-order valence-electron chi connectivity index (χ4n) is 3.08. The van der Waals surface area contributed by atoms with Crippen LogP contribution in [0, 0.1) is 18.6 Å². The summed E-state index contributed by atoms with van der Waals surface area (Å²) in [5.41, 5.74) is 0.0856. The van der Waals surface area contributed by atoms with Crippen LogP contribution in [-0.4, -0.2) is 40.6 Å². The average molecular weight is 400 g/mol. The minimum absolute atomic E-state index is 0.00207. The molecule has 0 aliphatic rings. The van der Waals surface area contributed by atoms with Gasteiger partial charge < -0.3 is 5.11 Å². The van der Waals surface area contributed by atoms with Crippen molar-refractivity contribution in [3.8, 4) is 5.95 Å². The van der Waals surface area contributed by atoms with E-state index in [-0.39, 0.29) is 28.1 Å². The Hall–Kier alpha value is -3.89. The van der Waals surface area contributed by atoms with Crippen molar-refractivity contribution in [2.24, 2.45) is 0 Å². The molecule has 2 N–H and O–H groups in total. The summed E-state index contributed by atoms with van der Waals surface area (Å²) in [4.78, 5) is 30.6. The molecular weight excluding hydrogens is 386 g/mol. The highest BCUT2D eigenvalue weighted by molar-refractivity contribution is 5.87. The van der Waals surface area contributed by atoms with Crippen LogP contribution < -0.4 is 5.56 Å². The van der Waals surface area contributed by atoms with Gasteiger partial charge >= 0.3 is 5.97 Å². The lowest BCUT2D eigenvalue weighted by Gasteiger charge is -2.14. The van der Waals surface area contributed by atoms with Gasteiger partial charge in [0.15, 0.2) is 5.52 Å². The molecule has 0 aliphatic heterocycles. The zero-order chi connectivity index (χ0) is 20.9. The number of halogens is 2. The summed E-state index contributed by atoms with van der Waals surface area (Å²) in [6, 6.07) is 2.29. The zero-order valence-electron chi connectivity index (χ0n) is 15.2. The molecule has 0 saturated carbocycles. The highest BCUT2D eigenvalue weighted by Gasteiger charge is 2.22. The van der Waals surface area contributed by atoms with Crippen LogP contribution in [-0.2, 0) is 0 Å². The summed E-state index contributed by atoms with van der Waals surface area (Å²) in [5, 5.41) is 17.2. The van der Waals surface area contributed by atoms with Gasteiger partial charge in [-0.15, -0.1) is 0 Å². The first-order chi connectivity index (χ1) is 13.8. The van der Waals surface area contributed by atoms with Crippen molar-refractivity contribution in [1.82, 2.24) is 29.5 Å². The number of carbonyl (C=O) groups is 1. The Bertz CT molecular complexity index is 1320. The summed E-state index contributed by atoms with van der Waals surface area (Å²) in [7, 11) is 0. The van der Waals surface area contributed by atoms with Crippen molar-refractivity contribution >= 4 is 17.0 Å². The Morgan fingerprint density at radius 3 is 2.76 bits per heavy atom. The number of nitrogens with one attached hydrogen (secondary N) is 1. The van der Waals surface area contributed by atoms with Gasteiger partial charge in [0, 0.05) is 11.8 Å². The molecule has 11 heteroatoms. The minimum atomic E-state index is -1.17. The van der Waals surface area contributed by atoms with E-state index in [0.29, 0.717) is 5.69 Å². The Morgan fingerprint density at radius 1 is 1.31 bits per heavy atom. The van der Waals surface area contributed by atoms with Crippen molar-refractivity contribution in [2.75, 3.05) is 0 Å². The number of aromatic nitrogens is 6. The van der Waals surface area contributed by atoms with Crippen LogP contribution in [0.25, 0.3) is 17.0 Å². The van der Waals surface area contributed by atoms with Gasteiger partial charge in [0.05, 0.1) is 23.5 Å². The van der Waals surface area contributed by atoms with Crippen LogP contribution in [0.1, 0.15) is 34.6 Å². The van der Waals surface area contributed by atoms with Gasteiger partial charge in [-0.2, -0.15) is 10.2 Å². The molecule has 4 aromatic rings. The molecule has 1 atom stereocenters. The lowest BCUT2D eigenvalue weighted by atomic mass is 10.1. The molecule has 0 radical (unpaired) electrons. The highest BCUT2D eigenvalue weighted by Crippen LogP contribution is 2.25. The summed E-state index contributed by atoms with van der Waals surface area (Å²) in [6.45, 7) is 3.21. The third-order valence-corrected chi connectivity index (χ3v) is 4.53. The van der Waals surface area contributed by atoms with Crippen LogP contribution in [0.2, 0.25) is 0 Å². The number of hydrogen-bond acceptors (Lipinski definition) is 5. The van der Waals surface area contributed by atoms with E-state index in [9.17, 15) is 18.4 Å². The molecule has 4 rings (SSSR count). The standard InChI is InChI=1S/C18H14F2N6O3/c1-8-14-15(26(24-8)9(2)12-5-11(19)3-4-13(12)20)16(27)23-18(22-14)25-7-10(6-21-25)17(28)29/h3-7,9H,1-2H3,(H,28,29)(H,22,23,27)/t9-/m0/s1. The number of hydrogen-bond donors (Lipinski definition) is 2. The smallest absolute Gasteiger partial charge is 0.338 e. The quantitative estimate of drug-likeness (QED) is 0.542. The molecule has 29 heavy (non-hydrogen) atoms. The second-order valence-electron chi connectivity index (χ2n) is 6.44. The van der Waals surface area contributed by atoms with Crippen LogP contribution >= 0.6 is 0 Å². The summed E-state index contributed by atoms with van der Waals surface area (Å²) in [5.74, 6) is -2.40. The third kappa shape index (κ3) is 3.06. The van der Waals surface area contributed by atoms with Crippen LogP contribution in [0.15, 0.2) is 35.4 Å². The second kappa shape index (κ2) is 6.62. The van der Waals surface area contributed by atoms with Gasteiger partial charge in [-0.05, 0) is 32.0 Å². The third-order valence-electron chi connectivity index (χ3n) is 4.53. The summed E-state index contributed by atoms with van der Waals surface area (Å²) in [6.07, 6.45) is 2.33. The van der Waals surface area contributed by atoms with Crippen molar-refractivity contribution in [1.29, 1.82) is 0 Å².